The molecule has 0 unspecified atom stereocenters. The molecule has 6 heteroatoms. The van der Waals surface area contributed by atoms with E-state index in [1.165, 1.54) is 0 Å². The molecule has 0 radical (unpaired) electrons. The molecular formula is C14H11F3N2O. The van der Waals surface area contributed by atoms with Crippen LogP contribution in [0.3, 0.4) is 0 Å². The lowest BCUT2D eigenvalue weighted by molar-refractivity contribution is -0.125. The van der Waals surface area contributed by atoms with Crippen molar-refractivity contribution in [3.63, 3.8) is 0 Å². The summed E-state index contributed by atoms with van der Waals surface area (Å²) in [5.74, 6) is -0.452. The molecule has 0 aliphatic rings. The quantitative estimate of drug-likeness (QED) is 0.634. The van der Waals surface area contributed by atoms with E-state index >= 15 is 0 Å². The van der Waals surface area contributed by atoms with Crippen molar-refractivity contribution >= 4 is 5.78 Å². The Morgan fingerprint density at radius 3 is 2.50 bits per heavy atom. The maximum atomic E-state index is 11.9. The summed E-state index contributed by atoms with van der Waals surface area (Å²) >= 11 is 0. The number of alkyl halides is 3. The summed E-state index contributed by atoms with van der Waals surface area (Å²) in [4.78, 5) is 15.6. The number of hydrogen-bond acceptors (Lipinski definition) is 2. The number of rotatable bonds is 4. The van der Waals surface area contributed by atoms with E-state index in [1.54, 1.807) is 47.6 Å². The van der Waals surface area contributed by atoms with Crippen molar-refractivity contribution in [2.75, 3.05) is 0 Å². The van der Waals surface area contributed by atoms with Crippen molar-refractivity contribution in [2.24, 2.45) is 0 Å². The summed E-state index contributed by atoms with van der Waals surface area (Å²) in [5, 5.41) is 0. The number of hydrogen-bond donors (Lipinski definition) is 0. The van der Waals surface area contributed by atoms with Gasteiger partial charge in [0.2, 0.25) is 0 Å². The SMILES string of the molecule is O=C(/C=C/CC(F)(F)F)c1ccc(-n2ccnc2)cc1. The number of carbonyl (C=O) groups is 1. The van der Waals surface area contributed by atoms with Crippen LogP contribution in [0.1, 0.15) is 16.8 Å². The highest BCUT2D eigenvalue weighted by Gasteiger charge is 2.24. The number of benzene rings is 1. The maximum absolute atomic E-state index is 11.9. The second-order valence-corrected chi connectivity index (χ2v) is 4.10. The maximum Gasteiger partial charge on any atom is 0.392 e. The third-order valence-corrected chi connectivity index (χ3v) is 2.57. The van der Waals surface area contributed by atoms with Gasteiger partial charge in [0.05, 0.1) is 12.7 Å². The number of ketones is 1. The van der Waals surface area contributed by atoms with E-state index in [4.69, 9.17) is 0 Å². The molecule has 0 saturated heterocycles. The number of imidazole rings is 1. The topological polar surface area (TPSA) is 34.9 Å². The average Bonchev–Trinajstić information content (AvgIpc) is 2.91. The van der Waals surface area contributed by atoms with Crippen molar-refractivity contribution in [1.29, 1.82) is 0 Å². The van der Waals surface area contributed by atoms with Crippen LogP contribution in [0, 0.1) is 0 Å². The van der Waals surface area contributed by atoms with Gasteiger partial charge in [0.1, 0.15) is 0 Å². The van der Waals surface area contributed by atoms with Crippen LogP contribution in [-0.4, -0.2) is 21.5 Å². The Morgan fingerprint density at radius 2 is 1.95 bits per heavy atom. The van der Waals surface area contributed by atoms with Crippen molar-refractivity contribution in [2.45, 2.75) is 12.6 Å². The fourth-order valence-electron chi connectivity index (χ4n) is 1.61. The van der Waals surface area contributed by atoms with Gasteiger partial charge in [-0.2, -0.15) is 13.2 Å². The number of nitrogens with zero attached hydrogens (tertiary/aromatic N) is 2. The molecule has 0 aliphatic carbocycles. The third kappa shape index (κ3) is 3.81. The number of halogens is 3. The minimum atomic E-state index is -4.29. The van der Waals surface area contributed by atoms with Gasteiger partial charge in [-0.1, -0.05) is 6.08 Å². The van der Waals surface area contributed by atoms with E-state index in [0.29, 0.717) is 5.56 Å². The van der Waals surface area contributed by atoms with Gasteiger partial charge in [-0.15, -0.1) is 0 Å². The van der Waals surface area contributed by atoms with Gasteiger partial charge in [0, 0.05) is 23.6 Å². The van der Waals surface area contributed by atoms with Crippen LogP contribution in [0.15, 0.2) is 55.1 Å². The molecule has 1 aromatic heterocycles. The molecule has 2 aromatic rings. The van der Waals surface area contributed by atoms with Crippen LogP contribution in [0.25, 0.3) is 5.69 Å². The Kier molecular flexibility index (Phi) is 4.02. The highest BCUT2D eigenvalue weighted by molar-refractivity contribution is 6.04. The van der Waals surface area contributed by atoms with E-state index in [2.05, 4.69) is 4.98 Å². The molecule has 0 bridgehead atoms. The average molecular weight is 280 g/mol. The van der Waals surface area contributed by atoms with Gasteiger partial charge in [0.15, 0.2) is 5.78 Å². The lowest BCUT2D eigenvalue weighted by atomic mass is 10.1. The second kappa shape index (κ2) is 5.73. The van der Waals surface area contributed by atoms with Gasteiger partial charge in [-0.25, -0.2) is 4.98 Å². The third-order valence-electron chi connectivity index (χ3n) is 2.57. The van der Waals surface area contributed by atoms with E-state index in [1.807, 2.05) is 0 Å². The zero-order chi connectivity index (χ0) is 14.6. The first kappa shape index (κ1) is 14.0. The lowest BCUT2D eigenvalue weighted by Crippen LogP contribution is -2.05. The summed E-state index contributed by atoms with van der Waals surface area (Å²) in [6.07, 6.45) is 1.36. The Morgan fingerprint density at radius 1 is 1.25 bits per heavy atom. The molecule has 0 amide bonds. The molecule has 0 fully saturated rings. The van der Waals surface area contributed by atoms with Crippen LogP contribution in [0.4, 0.5) is 13.2 Å². The van der Waals surface area contributed by atoms with Crippen LogP contribution < -0.4 is 0 Å². The van der Waals surface area contributed by atoms with Crippen molar-refractivity contribution in [3.8, 4) is 5.69 Å². The molecule has 3 nitrogen and oxygen atoms in total. The van der Waals surface area contributed by atoms with E-state index < -0.39 is 18.4 Å². The predicted octanol–water partition coefficient (Wildman–Crippen LogP) is 3.56. The highest BCUT2D eigenvalue weighted by Crippen LogP contribution is 2.20. The molecule has 1 heterocycles. The van der Waals surface area contributed by atoms with Gasteiger partial charge >= 0.3 is 6.18 Å². The van der Waals surface area contributed by atoms with E-state index in [0.717, 1.165) is 17.8 Å². The summed E-state index contributed by atoms with van der Waals surface area (Å²) in [6, 6.07) is 6.53. The zero-order valence-electron chi connectivity index (χ0n) is 10.3. The number of carbonyl (C=O) groups excluding carboxylic acids is 1. The largest absolute Gasteiger partial charge is 0.392 e. The molecule has 20 heavy (non-hydrogen) atoms. The fraction of sp³-hybridized carbons (Fsp3) is 0.143. The van der Waals surface area contributed by atoms with Crippen molar-refractivity contribution in [1.82, 2.24) is 9.55 Å². The van der Waals surface area contributed by atoms with Crippen LogP contribution >= 0.6 is 0 Å². The van der Waals surface area contributed by atoms with Gasteiger partial charge in [-0.3, -0.25) is 4.79 Å². The first-order valence-corrected chi connectivity index (χ1v) is 5.82. The van der Waals surface area contributed by atoms with Gasteiger partial charge in [0.25, 0.3) is 0 Å². The van der Waals surface area contributed by atoms with E-state index in [-0.39, 0.29) is 0 Å². The first-order valence-electron chi connectivity index (χ1n) is 5.82. The normalized spacial score (nSPS) is 11.9. The molecule has 104 valence electrons. The summed E-state index contributed by atoms with van der Waals surface area (Å²) in [5.41, 5.74) is 1.16. The Bertz CT molecular complexity index is 598. The van der Waals surface area contributed by atoms with Crippen LogP contribution in [0.2, 0.25) is 0 Å². The lowest BCUT2D eigenvalue weighted by Gasteiger charge is -2.03. The molecule has 2 rings (SSSR count). The van der Waals surface area contributed by atoms with Crippen LogP contribution in [0.5, 0.6) is 0 Å². The highest BCUT2D eigenvalue weighted by atomic mass is 19.4. The molecule has 0 spiro atoms. The Labute approximate surface area is 113 Å². The fourth-order valence-corrected chi connectivity index (χ4v) is 1.61. The van der Waals surface area contributed by atoms with Gasteiger partial charge < -0.3 is 4.57 Å². The van der Waals surface area contributed by atoms with Crippen molar-refractivity contribution in [3.05, 3.63) is 60.7 Å². The molecule has 0 aliphatic heterocycles. The van der Waals surface area contributed by atoms with E-state index in [9.17, 15) is 18.0 Å². The smallest absolute Gasteiger partial charge is 0.306 e. The minimum Gasteiger partial charge on any atom is -0.306 e. The number of allylic oxidation sites excluding steroid dienone is 2. The Balaban J connectivity index is 2.05. The summed E-state index contributed by atoms with van der Waals surface area (Å²) < 4.78 is 37.6. The molecule has 0 saturated carbocycles. The minimum absolute atomic E-state index is 0.340. The predicted molar refractivity (Wildman–Crippen MR) is 67.7 cm³/mol. The molecule has 0 N–H and O–H groups in total. The van der Waals surface area contributed by atoms with Crippen LogP contribution in [-0.2, 0) is 0 Å². The monoisotopic (exact) mass is 280 g/mol. The zero-order valence-corrected chi connectivity index (χ0v) is 10.3. The van der Waals surface area contributed by atoms with Gasteiger partial charge in [-0.05, 0) is 30.3 Å². The summed E-state index contributed by atoms with van der Waals surface area (Å²) in [7, 11) is 0. The Hall–Kier alpha value is -2.37. The molecule has 0 atom stereocenters. The standard InChI is InChI=1S/C14H11F3N2O/c15-14(16,17)7-1-2-13(20)11-3-5-12(6-4-11)19-9-8-18-10-19/h1-6,8-10H,7H2/b2-1+. The molecule has 1 aromatic carbocycles. The summed E-state index contributed by atoms with van der Waals surface area (Å²) in [6.45, 7) is 0. The molecular weight excluding hydrogens is 269 g/mol. The first-order chi connectivity index (χ1) is 9.46. The second-order valence-electron chi connectivity index (χ2n) is 4.10. The van der Waals surface area contributed by atoms with Crippen molar-refractivity contribution < 1.29 is 18.0 Å². The number of aromatic nitrogens is 2.